The molecule has 0 amide bonds. The van der Waals surface area contributed by atoms with E-state index in [0.29, 0.717) is 23.7 Å². The van der Waals surface area contributed by atoms with Crippen molar-refractivity contribution in [2.24, 2.45) is 5.92 Å². The van der Waals surface area contributed by atoms with Crippen molar-refractivity contribution in [3.05, 3.63) is 28.5 Å². The Morgan fingerprint density at radius 3 is 2.85 bits per heavy atom. The SMILES string of the molecule is CCCNC1CCN(c2cc(Br)ccc2F)C(C)C1C. The molecule has 0 spiro atoms. The van der Waals surface area contributed by atoms with Gasteiger partial charge in [-0.1, -0.05) is 29.8 Å². The van der Waals surface area contributed by atoms with Crippen molar-refractivity contribution in [2.45, 2.75) is 45.7 Å². The van der Waals surface area contributed by atoms with E-state index in [1.54, 1.807) is 6.07 Å². The van der Waals surface area contributed by atoms with Crippen LogP contribution in [0.1, 0.15) is 33.6 Å². The molecule has 0 radical (unpaired) electrons. The third-order valence-electron chi connectivity index (χ3n) is 4.44. The fourth-order valence-corrected chi connectivity index (χ4v) is 3.38. The fraction of sp³-hybridized carbons (Fsp3) is 0.625. The Hall–Kier alpha value is -0.610. The van der Waals surface area contributed by atoms with E-state index in [1.165, 1.54) is 6.07 Å². The maximum atomic E-state index is 14.1. The first kappa shape index (κ1) is 15.8. The number of piperidine rings is 1. The van der Waals surface area contributed by atoms with Crippen molar-refractivity contribution in [3.63, 3.8) is 0 Å². The standard InChI is InChI=1S/C16H24BrFN2/c1-4-8-19-15-7-9-20(12(3)11(15)2)16-10-13(17)5-6-14(16)18/h5-6,10-12,15,19H,4,7-9H2,1-3H3. The lowest BCUT2D eigenvalue weighted by atomic mass is 9.86. The quantitative estimate of drug-likeness (QED) is 0.882. The Balaban J connectivity index is 2.13. The van der Waals surface area contributed by atoms with E-state index in [-0.39, 0.29) is 5.82 Å². The van der Waals surface area contributed by atoms with Gasteiger partial charge in [-0.3, -0.25) is 0 Å². The van der Waals surface area contributed by atoms with Crippen molar-refractivity contribution < 1.29 is 4.39 Å². The highest BCUT2D eigenvalue weighted by Gasteiger charge is 2.33. The molecular weight excluding hydrogens is 319 g/mol. The minimum absolute atomic E-state index is 0.132. The molecule has 20 heavy (non-hydrogen) atoms. The number of hydrogen-bond donors (Lipinski definition) is 1. The molecule has 1 aliphatic rings. The predicted molar refractivity (Wildman–Crippen MR) is 86.8 cm³/mol. The lowest BCUT2D eigenvalue weighted by Crippen LogP contribution is -2.53. The molecule has 1 aliphatic heterocycles. The van der Waals surface area contributed by atoms with Crippen LogP contribution in [0.2, 0.25) is 0 Å². The van der Waals surface area contributed by atoms with E-state index in [1.807, 2.05) is 6.07 Å². The summed E-state index contributed by atoms with van der Waals surface area (Å²) < 4.78 is 15.0. The minimum Gasteiger partial charge on any atom is -0.366 e. The molecule has 1 N–H and O–H groups in total. The molecule has 0 aromatic heterocycles. The van der Waals surface area contributed by atoms with Gasteiger partial charge in [-0.25, -0.2) is 4.39 Å². The predicted octanol–water partition coefficient (Wildman–Crippen LogP) is 4.19. The van der Waals surface area contributed by atoms with Crippen LogP contribution in [0, 0.1) is 11.7 Å². The van der Waals surface area contributed by atoms with Gasteiger partial charge in [0, 0.05) is 23.1 Å². The third-order valence-corrected chi connectivity index (χ3v) is 4.94. The van der Waals surface area contributed by atoms with Crippen LogP contribution in [0.5, 0.6) is 0 Å². The lowest BCUT2D eigenvalue weighted by molar-refractivity contribution is 0.270. The van der Waals surface area contributed by atoms with Gasteiger partial charge in [0.1, 0.15) is 5.82 Å². The summed E-state index contributed by atoms with van der Waals surface area (Å²) in [5.74, 6) is 0.376. The summed E-state index contributed by atoms with van der Waals surface area (Å²) in [7, 11) is 0. The molecule has 0 saturated carbocycles. The Morgan fingerprint density at radius 2 is 2.15 bits per heavy atom. The van der Waals surface area contributed by atoms with Crippen LogP contribution in [-0.2, 0) is 0 Å². The zero-order chi connectivity index (χ0) is 14.7. The second-order valence-electron chi connectivity index (χ2n) is 5.74. The number of halogens is 2. The third kappa shape index (κ3) is 3.34. The first-order chi connectivity index (χ1) is 9.54. The van der Waals surface area contributed by atoms with Gasteiger partial charge in [0.25, 0.3) is 0 Å². The molecule has 3 unspecified atom stereocenters. The van der Waals surface area contributed by atoms with E-state index in [9.17, 15) is 4.39 Å². The molecule has 0 aliphatic carbocycles. The smallest absolute Gasteiger partial charge is 0.146 e. The molecule has 1 aromatic rings. The second-order valence-corrected chi connectivity index (χ2v) is 6.65. The van der Waals surface area contributed by atoms with Crippen molar-refractivity contribution in [1.29, 1.82) is 0 Å². The molecule has 1 fully saturated rings. The van der Waals surface area contributed by atoms with Gasteiger partial charge >= 0.3 is 0 Å². The molecule has 1 saturated heterocycles. The van der Waals surface area contributed by atoms with Crippen LogP contribution in [-0.4, -0.2) is 25.2 Å². The number of nitrogens with zero attached hydrogens (tertiary/aromatic N) is 1. The maximum absolute atomic E-state index is 14.1. The van der Waals surface area contributed by atoms with E-state index in [2.05, 4.69) is 46.9 Å². The van der Waals surface area contributed by atoms with Crippen molar-refractivity contribution >= 4 is 21.6 Å². The first-order valence-electron chi connectivity index (χ1n) is 7.49. The van der Waals surface area contributed by atoms with Gasteiger partial charge in [0.2, 0.25) is 0 Å². The average Bonchev–Trinajstić information content (AvgIpc) is 2.43. The van der Waals surface area contributed by atoms with Crippen LogP contribution in [0.3, 0.4) is 0 Å². The van der Waals surface area contributed by atoms with E-state index in [0.717, 1.165) is 30.4 Å². The normalized spacial score (nSPS) is 26.9. The summed E-state index contributed by atoms with van der Waals surface area (Å²) in [4.78, 5) is 2.20. The average molecular weight is 343 g/mol. The van der Waals surface area contributed by atoms with Gasteiger partial charge in [0.15, 0.2) is 0 Å². The Labute approximate surface area is 129 Å². The Bertz CT molecular complexity index is 452. The largest absolute Gasteiger partial charge is 0.366 e. The number of rotatable bonds is 4. The molecule has 4 heteroatoms. The van der Waals surface area contributed by atoms with E-state index >= 15 is 0 Å². The molecule has 2 rings (SSSR count). The zero-order valence-corrected chi connectivity index (χ0v) is 14.1. The van der Waals surface area contributed by atoms with E-state index < -0.39 is 0 Å². The van der Waals surface area contributed by atoms with E-state index in [4.69, 9.17) is 0 Å². The number of benzene rings is 1. The van der Waals surface area contributed by atoms with Gasteiger partial charge in [0.05, 0.1) is 5.69 Å². The minimum atomic E-state index is -0.132. The lowest BCUT2D eigenvalue weighted by Gasteiger charge is -2.44. The molecular formula is C16H24BrFN2. The summed E-state index contributed by atoms with van der Waals surface area (Å²) in [6, 6.07) is 6.05. The molecule has 2 nitrogen and oxygen atoms in total. The van der Waals surface area contributed by atoms with Crippen LogP contribution >= 0.6 is 15.9 Å². The van der Waals surface area contributed by atoms with Crippen LogP contribution in [0.4, 0.5) is 10.1 Å². The number of hydrogen-bond acceptors (Lipinski definition) is 2. The van der Waals surface area contributed by atoms with Crippen molar-refractivity contribution in [2.75, 3.05) is 18.0 Å². The summed E-state index contributed by atoms with van der Waals surface area (Å²) in [6.07, 6.45) is 2.22. The summed E-state index contributed by atoms with van der Waals surface area (Å²) >= 11 is 3.44. The summed E-state index contributed by atoms with van der Waals surface area (Å²) in [5.41, 5.74) is 0.715. The van der Waals surface area contributed by atoms with Crippen molar-refractivity contribution in [1.82, 2.24) is 5.32 Å². The topological polar surface area (TPSA) is 15.3 Å². The van der Waals surface area contributed by atoms with Gasteiger partial charge < -0.3 is 10.2 Å². The molecule has 1 aromatic carbocycles. The van der Waals surface area contributed by atoms with Crippen LogP contribution in [0.25, 0.3) is 0 Å². The Morgan fingerprint density at radius 1 is 1.40 bits per heavy atom. The fourth-order valence-electron chi connectivity index (χ4n) is 3.03. The first-order valence-corrected chi connectivity index (χ1v) is 8.29. The summed E-state index contributed by atoms with van der Waals surface area (Å²) in [6.45, 7) is 8.62. The number of anilines is 1. The molecule has 3 atom stereocenters. The van der Waals surface area contributed by atoms with Gasteiger partial charge in [-0.05, 0) is 50.4 Å². The summed E-state index contributed by atoms with van der Waals surface area (Å²) in [5, 5.41) is 3.62. The van der Waals surface area contributed by atoms with Gasteiger partial charge in [-0.2, -0.15) is 0 Å². The number of nitrogens with one attached hydrogen (secondary N) is 1. The zero-order valence-electron chi connectivity index (χ0n) is 12.5. The second kappa shape index (κ2) is 6.90. The highest BCUT2D eigenvalue weighted by molar-refractivity contribution is 9.10. The van der Waals surface area contributed by atoms with Crippen LogP contribution in [0.15, 0.2) is 22.7 Å². The molecule has 112 valence electrons. The highest BCUT2D eigenvalue weighted by atomic mass is 79.9. The van der Waals surface area contributed by atoms with Gasteiger partial charge in [-0.15, -0.1) is 0 Å². The highest BCUT2D eigenvalue weighted by Crippen LogP contribution is 2.32. The Kier molecular flexibility index (Phi) is 5.44. The van der Waals surface area contributed by atoms with Crippen LogP contribution < -0.4 is 10.2 Å². The van der Waals surface area contributed by atoms with Crippen molar-refractivity contribution in [3.8, 4) is 0 Å². The monoisotopic (exact) mass is 342 g/mol. The maximum Gasteiger partial charge on any atom is 0.146 e. The molecule has 0 bridgehead atoms. The molecule has 1 heterocycles.